The van der Waals surface area contributed by atoms with Gasteiger partial charge in [0.05, 0.1) is 12.7 Å². The first-order valence-electron chi connectivity index (χ1n) is 6.41. The van der Waals surface area contributed by atoms with Gasteiger partial charge in [-0.05, 0) is 17.7 Å². The fourth-order valence-corrected chi connectivity index (χ4v) is 1.86. The minimum Gasteiger partial charge on any atom is -0.392 e. The molecule has 0 spiro atoms. The standard InChI is InChI=1S/C17H16N2O/c18-12-16(11-10-14-6-2-1-3-7-14)19-17-9-5-4-8-15(17)13-20/h1-11,16,19-20H,13H2/b11-10-/t16-/m1/s1. The fraction of sp³-hybridized carbons (Fsp3) is 0.118. The highest BCUT2D eigenvalue weighted by molar-refractivity contribution is 5.56. The number of para-hydroxylation sites is 1. The molecule has 3 heteroatoms. The van der Waals surface area contributed by atoms with Gasteiger partial charge in [0.2, 0.25) is 0 Å². The molecular weight excluding hydrogens is 248 g/mol. The van der Waals surface area contributed by atoms with Crippen molar-refractivity contribution in [3.8, 4) is 6.07 Å². The first kappa shape index (κ1) is 13.9. The van der Waals surface area contributed by atoms with Gasteiger partial charge in [-0.3, -0.25) is 0 Å². The third kappa shape index (κ3) is 3.71. The summed E-state index contributed by atoms with van der Waals surface area (Å²) in [6.45, 7) is -0.0519. The molecule has 100 valence electrons. The summed E-state index contributed by atoms with van der Waals surface area (Å²) >= 11 is 0. The van der Waals surface area contributed by atoms with Crippen LogP contribution >= 0.6 is 0 Å². The van der Waals surface area contributed by atoms with E-state index >= 15 is 0 Å². The predicted octanol–water partition coefficient (Wildman–Crippen LogP) is 3.20. The van der Waals surface area contributed by atoms with E-state index in [1.807, 2.05) is 66.7 Å². The molecule has 0 aliphatic heterocycles. The van der Waals surface area contributed by atoms with Gasteiger partial charge in [-0.1, -0.05) is 54.6 Å². The van der Waals surface area contributed by atoms with Gasteiger partial charge in [-0.15, -0.1) is 0 Å². The van der Waals surface area contributed by atoms with Crippen molar-refractivity contribution in [2.24, 2.45) is 0 Å². The number of aliphatic hydroxyl groups is 1. The molecule has 0 saturated heterocycles. The molecule has 2 N–H and O–H groups in total. The molecule has 0 fully saturated rings. The Kier molecular flexibility index (Phi) is 4.94. The number of hydrogen-bond acceptors (Lipinski definition) is 3. The molecule has 0 radical (unpaired) electrons. The molecule has 0 amide bonds. The van der Waals surface area contributed by atoms with Crippen LogP contribution in [-0.4, -0.2) is 11.1 Å². The van der Waals surface area contributed by atoms with E-state index in [0.717, 1.165) is 16.8 Å². The van der Waals surface area contributed by atoms with Crippen LogP contribution in [0, 0.1) is 11.3 Å². The van der Waals surface area contributed by atoms with Gasteiger partial charge in [-0.25, -0.2) is 0 Å². The van der Waals surface area contributed by atoms with E-state index in [1.54, 1.807) is 0 Å². The van der Waals surface area contributed by atoms with Crippen molar-refractivity contribution in [3.63, 3.8) is 0 Å². The monoisotopic (exact) mass is 264 g/mol. The second kappa shape index (κ2) is 7.13. The predicted molar refractivity (Wildman–Crippen MR) is 80.9 cm³/mol. The van der Waals surface area contributed by atoms with Crippen molar-refractivity contribution in [1.29, 1.82) is 5.26 Å². The van der Waals surface area contributed by atoms with Crippen LogP contribution in [0.2, 0.25) is 0 Å². The molecule has 2 aromatic carbocycles. The van der Waals surface area contributed by atoms with Crippen LogP contribution < -0.4 is 5.32 Å². The summed E-state index contributed by atoms with van der Waals surface area (Å²) in [5.41, 5.74) is 2.60. The van der Waals surface area contributed by atoms with Gasteiger partial charge in [0.25, 0.3) is 0 Å². The van der Waals surface area contributed by atoms with Gasteiger partial charge in [0, 0.05) is 11.3 Å². The van der Waals surface area contributed by atoms with E-state index < -0.39 is 6.04 Å². The first-order valence-corrected chi connectivity index (χ1v) is 6.41. The van der Waals surface area contributed by atoms with Gasteiger partial charge in [0.15, 0.2) is 0 Å². The lowest BCUT2D eigenvalue weighted by Crippen LogP contribution is -2.15. The summed E-state index contributed by atoms with van der Waals surface area (Å²) in [6, 6.07) is 19.0. The smallest absolute Gasteiger partial charge is 0.133 e. The van der Waals surface area contributed by atoms with Gasteiger partial charge in [0.1, 0.15) is 6.04 Å². The van der Waals surface area contributed by atoms with E-state index in [0.29, 0.717) is 0 Å². The van der Waals surface area contributed by atoms with Crippen molar-refractivity contribution in [1.82, 2.24) is 0 Å². The SMILES string of the molecule is N#C[C@@H](/C=C\c1ccccc1)Nc1ccccc1CO. The van der Waals surface area contributed by atoms with Crippen LogP contribution in [0.5, 0.6) is 0 Å². The van der Waals surface area contributed by atoms with E-state index in [4.69, 9.17) is 0 Å². The highest BCUT2D eigenvalue weighted by Gasteiger charge is 2.05. The molecule has 0 heterocycles. The molecule has 0 bridgehead atoms. The van der Waals surface area contributed by atoms with Crippen LogP contribution in [0.4, 0.5) is 5.69 Å². The maximum Gasteiger partial charge on any atom is 0.133 e. The normalized spacial score (nSPS) is 12.0. The van der Waals surface area contributed by atoms with Crippen LogP contribution in [0.25, 0.3) is 6.08 Å². The van der Waals surface area contributed by atoms with E-state index in [1.165, 1.54) is 0 Å². The van der Waals surface area contributed by atoms with Crippen molar-refractivity contribution < 1.29 is 5.11 Å². The largest absolute Gasteiger partial charge is 0.392 e. The third-order valence-corrected chi connectivity index (χ3v) is 2.92. The van der Waals surface area contributed by atoms with E-state index in [2.05, 4.69) is 11.4 Å². The molecule has 2 aromatic rings. The second-order valence-corrected chi connectivity index (χ2v) is 4.34. The Morgan fingerprint density at radius 3 is 2.50 bits per heavy atom. The molecule has 0 aliphatic rings. The summed E-state index contributed by atoms with van der Waals surface area (Å²) in [5.74, 6) is 0. The lowest BCUT2D eigenvalue weighted by Gasteiger charge is -2.12. The zero-order chi connectivity index (χ0) is 14.2. The number of hydrogen-bond donors (Lipinski definition) is 2. The first-order chi connectivity index (χ1) is 9.83. The molecule has 0 aliphatic carbocycles. The van der Waals surface area contributed by atoms with Crippen molar-refractivity contribution in [3.05, 3.63) is 71.8 Å². The van der Waals surface area contributed by atoms with Crippen molar-refractivity contribution in [2.75, 3.05) is 5.32 Å². The molecule has 0 unspecified atom stereocenters. The number of nitrogens with zero attached hydrogens (tertiary/aromatic N) is 1. The molecule has 1 atom stereocenters. The average Bonchev–Trinajstić information content (AvgIpc) is 2.52. The summed E-state index contributed by atoms with van der Waals surface area (Å²) < 4.78 is 0. The highest BCUT2D eigenvalue weighted by Crippen LogP contribution is 2.16. The average molecular weight is 264 g/mol. The number of benzene rings is 2. The molecule has 2 rings (SSSR count). The number of nitriles is 1. The number of rotatable bonds is 5. The zero-order valence-electron chi connectivity index (χ0n) is 11.0. The van der Waals surface area contributed by atoms with Gasteiger partial charge < -0.3 is 10.4 Å². The lowest BCUT2D eigenvalue weighted by molar-refractivity contribution is 0.282. The minimum absolute atomic E-state index is 0.0519. The Bertz CT molecular complexity index is 614. The molecule has 20 heavy (non-hydrogen) atoms. The Hall–Kier alpha value is -2.57. The highest BCUT2D eigenvalue weighted by atomic mass is 16.3. The maximum atomic E-state index is 9.27. The number of anilines is 1. The van der Waals surface area contributed by atoms with Crippen LogP contribution in [0.1, 0.15) is 11.1 Å². The molecular formula is C17H16N2O. The van der Waals surface area contributed by atoms with Crippen LogP contribution in [-0.2, 0) is 6.61 Å². The third-order valence-electron chi connectivity index (χ3n) is 2.92. The molecule has 3 nitrogen and oxygen atoms in total. The fourth-order valence-electron chi connectivity index (χ4n) is 1.86. The molecule has 0 saturated carbocycles. The topological polar surface area (TPSA) is 56.0 Å². The summed E-state index contributed by atoms with van der Waals surface area (Å²) in [4.78, 5) is 0. The minimum atomic E-state index is -0.442. The summed E-state index contributed by atoms with van der Waals surface area (Å²) in [6.07, 6.45) is 3.71. The Labute approximate surface area is 118 Å². The number of aliphatic hydroxyl groups excluding tert-OH is 1. The van der Waals surface area contributed by atoms with Crippen molar-refractivity contribution >= 4 is 11.8 Å². The lowest BCUT2D eigenvalue weighted by atomic mass is 10.1. The Morgan fingerprint density at radius 1 is 1.10 bits per heavy atom. The summed E-state index contributed by atoms with van der Waals surface area (Å²) in [5, 5.41) is 21.6. The quantitative estimate of drug-likeness (QED) is 0.872. The van der Waals surface area contributed by atoms with E-state index in [9.17, 15) is 10.4 Å². The summed E-state index contributed by atoms with van der Waals surface area (Å²) in [7, 11) is 0. The van der Waals surface area contributed by atoms with Crippen molar-refractivity contribution in [2.45, 2.75) is 12.6 Å². The Balaban J connectivity index is 2.10. The molecule has 0 aromatic heterocycles. The van der Waals surface area contributed by atoms with E-state index in [-0.39, 0.29) is 6.61 Å². The van der Waals surface area contributed by atoms with Gasteiger partial charge >= 0.3 is 0 Å². The zero-order valence-corrected chi connectivity index (χ0v) is 11.0. The van der Waals surface area contributed by atoms with Crippen LogP contribution in [0.3, 0.4) is 0 Å². The second-order valence-electron chi connectivity index (χ2n) is 4.34. The number of nitrogens with one attached hydrogen (secondary N) is 1. The maximum absolute atomic E-state index is 9.27. The van der Waals surface area contributed by atoms with Gasteiger partial charge in [-0.2, -0.15) is 5.26 Å². The Morgan fingerprint density at radius 2 is 1.80 bits per heavy atom. The van der Waals surface area contributed by atoms with Crippen LogP contribution in [0.15, 0.2) is 60.7 Å².